The fraction of sp³-hybridized carbons (Fsp3) is 0.227. The van der Waals surface area contributed by atoms with E-state index in [1.807, 2.05) is 0 Å². The molecule has 0 radical (unpaired) electrons. The summed E-state index contributed by atoms with van der Waals surface area (Å²) in [7, 11) is 0. The summed E-state index contributed by atoms with van der Waals surface area (Å²) in [4.78, 5) is 52.6. The minimum Gasteiger partial charge on any atom is -0.475 e. The summed E-state index contributed by atoms with van der Waals surface area (Å²) in [5, 5.41) is 9.27. The molecule has 1 aliphatic carbocycles. The summed E-state index contributed by atoms with van der Waals surface area (Å²) in [6.45, 7) is 1.59. The van der Waals surface area contributed by atoms with Crippen molar-refractivity contribution in [2.45, 2.75) is 32.1 Å². The summed E-state index contributed by atoms with van der Waals surface area (Å²) in [6, 6.07) is 5.81. The maximum absolute atomic E-state index is 13.4. The van der Waals surface area contributed by atoms with E-state index in [0.29, 0.717) is 17.0 Å². The van der Waals surface area contributed by atoms with E-state index in [1.54, 1.807) is 29.7 Å². The zero-order valence-electron chi connectivity index (χ0n) is 16.5. The number of carboxylic acid groups (broad SMARTS) is 1. The van der Waals surface area contributed by atoms with Gasteiger partial charge in [0.1, 0.15) is 11.5 Å². The number of carbonyl (C=O) groups is 4. The molecule has 1 aromatic carbocycles. The number of ketones is 2. The molecule has 3 N–H and O–H groups in total. The Hall–Kier alpha value is -3.88. The van der Waals surface area contributed by atoms with E-state index >= 15 is 0 Å². The predicted molar refractivity (Wildman–Crippen MR) is 107 cm³/mol. The van der Waals surface area contributed by atoms with E-state index in [1.165, 1.54) is 12.1 Å². The Bertz CT molecular complexity index is 1270. The SMILES string of the molecule is Cc1cn2c(Cc3ccc(F)cc3)c(C3CC3)c(C(=O)C(N)=O)c2c(C(=O)C(=O)O)n1. The number of aryl methyl sites for hydroxylation is 1. The smallest absolute Gasteiger partial charge is 0.379 e. The first-order chi connectivity index (χ1) is 14.7. The molecule has 1 saturated carbocycles. The molecule has 0 spiro atoms. The number of nitrogens with zero attached hydrogens (tertiary/aromatic N) is 2. The van der Waals surface area contributed by atoms with Crippen molar-refractivity contribution in [3.8, 4) is 0 Å². The van der Waals surface area contributed by atoms with Crippen LogP contribution in [-0.4, -0.2) is 37.9 Å². The van der Waals surface area contributed by atoms with Gasteiger partial charge in [-0.2, -0.15) is 0 Å². The zero-order valence-corrected chi connectivity index (χ0v) is 16.5. The van der Waals surface area contributed by atoms with Gasteiger partial charge in [-0.05, 0) is 48.9 Å². The average Bonchev–Trinajstić information content (AvgIpc) is 3.51. The lowest BCUT2D eigenvalue weighted by Crippen LogP contribution is -2.25. The second-order valence-corrected chi connectivity index (χ2v) is 7.59. The Kier molecular flexibility index (Phi) is 4.88. The number of carboxylic acids is 1. The topological polar surface area (TPSA) is 132 Å². The largest absolute Gasteiger partial charge is 0.475 e. The maximum Gasteiger partial charge on any atom is 0.379 e. The number of halogens is 1. The minimum atomic E-state index is -1.73. The first-order valence-corrected chi connectivity index (χ1v) is 9.59. The molecule has 158 valence electrons. The van der Waals surface area contributed by atoms with Gasteiger partial charge in [0.2, 0.25) is 0 Å². The van der Waals surface area contributed by atoms with Crippen molar-refractivity contribution in [2.75, 3.05) is 0 Å². The van der Waals surface area contributed by atoms with Crippen LogP contribution in [0.25, 0.3) is 5.52 Å². The maximum atomic E-state index is 13.4. The van der Waals surface area contributed by atoms with Crippen LogP contribution in [0.1, 0.15) is 62.1 Å². The number of benzene rings is 1. The van der Waals surface area contributed by atoms with E-state index in [0.717, 1.165) is 18.4 Å². The van der Waals surface area contributed by atoms with E-state index in [4.69, 9.17) is 5.73 Å². The molecule has 2 aromatic heterocycles. The summed E-state index contributed by atoms with van der Waals surface area (Å²) < 4.78 is 14.9. The second kappa shape index (κ2) is 7.42. The number of Topliss-reactive ketones (excluding diaryl/α,β-unsaturated/α-hetero) is 2. The van der Waals surface area contributed by atoms with E-state index < -0.39 is 35.0 Å². The normalized spacial score (nSPS) is 13.4. The van der Waals surface area contributed by atoms with Crippen molar-refractivity contribution in [3.63, 3.8) is 0 Å². The summed E-state index contributed by atoms with van der Waals surface area (Å²) in [5.74, 6) is -5.68. The van der Waals surface area contributed by atoms with Crippen molar-refractivity contribution in [1.82, 2.24) is 9.38 Å². The fourth-order valence-corrected chi connectivity index (χ4v) is 3.88. The third kappa shape index (κ3) is 3.58. The number of fused-ring (bicyclic) bond motifs is 1. The highest BCUT2D eigenvalue weighted by molar-refractivity contribution is 6.46. The molecule has 8 nitrogen and oxygen atoms in total. The van der Waals surface area contributed by atoms with Gasteiger partial charge in [0.25, 0.3) is 17.5 Å². The lowest BCUT2D eigenvalue weighted by Gasteiger charge is -2.09. The van der Waals surface area contributed by atoms with E-state index in [-0.39, 0.29) is 23.4 Å². The van der Waals surface area contributed by atoms with Crippen LogP contribution in [0.2, 0.25) is 0 Å². The lowest BCUT2D eigenvalue weighted by molar-refractivity contribution is -0.131. The van der Waals surface area contributed by atoms with Crippen molar-refractivity contribution in [2.24, 2.45) is 5.73 Å². The number of amides is 1. The molecule has 31 heavy (non-hydrogen) atoms. The molecule has 1 fully saturated rings. The first-order valence-electron chi connectivity index (χ1n) is 9.59. The van der Waals surface area contributed by atoms with Crippen LogP contribution in [0.5, 0.6) is 0 Å². The number of carbonyl (C=O) groups excluding carboxylic acids is 3. The van der Waals surface area contributed by atoms with Crippen molar-refractivity contribution < 1.29 is 28.7 Å². The van der Waals surface area contributed by atoms with Gasteiger partial charge in [0, 0.05) is 18.3 Å². The molecule has 1 aliphatic rings. The van der Waals surface area contributed by atoms with Crippen LogP contribution in [0.15, 0.2) is 30.5 Å². The third-order valence-electron chi connectivity index (χ3n) is 5.31. The molecule has 0 aliphatic heterocycles. The molecule has 4 rings (SSSR count). The van der Waals surface area contributed by atoms with Gasteiger partial charge < -0.3 is 15.2 Å². The average molecular weight is 423 g/mol. The summed E-state index contributed by atoms with van der Waals surface area (Å²) >= 11 is 0. The molecular weight excluding hydrogens is 405 g/mol. The minimum absolute atomic E-state index is 0.0401. The van der Waals surface area contributed by atoms with Gasteiger partial charge in [0.05, 0.1) is 16.8 Å². The molecule has 2 heterocycles. The van der Waals surface area contributed by atoms with Crippen LogP contribution >= 0.6 is 0 Å². The van der Waals surface area contributed by atoms with Crippen LogP contribution < -0.4 is 5.73 Å². The van der Waals surface area contributed by atoms with Gasteiger partial charge in [-0.15, -0.1) is 0 Å². The first kappa shape index (κ1) is 20.4. The van der Waals surface area contributed by atoms with Crippen LogP contribution in [0, 0.1) is 12.7 Å². The molecule has 0 atom stereocenters. The van der Waals surface area contributed by atoms with E-state index in [2.05, 4.69) is 4.98 Å². The molecule has 1 amide bonds. The number of hydrogen-bond acceptors (Lipinski definition) is 5. The van der Waals surface area contributed by atoms with Gasteiger partial charge in [-0.1, -0.05) is 12.1 Å². The molecule has 0 bridgehead atoms. The predicted octanol–water partition coefficient (Wildman–Crippen LogP) is 2.19. The zero-order chi connectivity index (χ0) is 22.4. The Morgan fingerprint density at radius 1 is 1.16 bits per heavy atom. The van der Waals surface area contributed by atoms with Gasteiger partial charge in [-0.25, -0.2) is 14.2 Å². The lowest BCUT2D eigenvalue weighted by atomic mass is 9.97. The van der Waals surface area contributed by atoms with Gasteiger partial charge in [0.15, 0.2) is 0 Å². The Morgan fingerprint density at radius 3 is 2.35 bits per heavy atom. The van der Waals surface area contributed by atoms with Crippen LogP contribution in [-0.2, 0) is 16.0 Å². The highest BCUT2D eigenvalue weighted by Gasteiger charge is 2.38. The molecule has 0 unspecified atom stereocenters. The summed E-state index contributed by atoms with van der Waals surface area (Å²) in [5.41, 5.74) is 6.99. The Balaban J connectivity index is 2.08. The number of nitrogens with two attached hydrogens (primary N) is 1. The molecular formula is C22H18FN3O5. The fourth-order valence-electron chi connectivity index (χ4n) is 3.88. The Labute approximate surface area is 175 Å². The summed E-state index contributed by atoms with van der Waals surface area (Å²) in [6.07, 6.45) is 3.38. The number of primary amides is 1. The quantitative estimate of drug-likeness (QED) is 0.442. The monoisotopic (exact) mass is 423 g/mol. The number of rotatable bonds is 7. The third-order valence-corrected chi connectivity index (χ3v) is 5.31. The number of aliphatic carboxylic acids is 1. The van der Waals surface area contributed by atoms with Crippen molar-refractivity contribution in [1.29, 1.82) is 0 Å². The highest BCUT2D eigenvalue weighted by atomic mass is 19.1. The van der Waals surface area contributed by atoms with E-state index in [9.17, 15) is 28.7 Å². The number of aromatic nitrogens is 2. The highest BCUT2D eigenvalue weighted by Crippen LogP contribution is 2.46. The van der Waals surface area contributed by atoms with Crippen molar-refractivity contribution >= 4 is 29.0 Å². The Morgan fingerprint density at radius 2 is 1.81 bits per heavy atom. The van der Waals surface area contributed by atoms with Gasteiger partial charge >= 0.3 is 5.97 Å². The molecule has 3 aromatic rings. The second-order valence-electron chi connectivity index (χ2n) is 7.59. The molecule has 0 saturated heterocycles. The number of hydrogen-bond donors (Lipinski definition) is 2. The standard InChI is InChI=1S/C22H18FN3O5/c1-10-9-26-14(8-11-2-6-13(23)7-3-11)15(12-4-5-12)16(19(27)21(24)29)18(26)17(25-10)20(28)22(30)31/h2-3,6-7,9,12H,4-5,8H2,1H3,(H2,24,29)(H,30,31). The van der Waals surface area contributed by atoms with Gasteiger partial charge in [-0.3, -0.25) is 14.4 Å². The van der Waals surface area contributed by atoms with Crippen LogP contribution in [0.4, 0.5) is 4.39 Å². The van der Waals surface area contributed by atoms with Crippen LogP contribution in [0.3, 0.4) is 0 Å². The van der Waals surface area contributed by atoms with Crippen molar-refractivity contribution in [3.05, 3.63) is 70.1 Å². The molecule has 9 heteroatoms.